The number of hydrogen-bond donors (Lipinski definition) is 1. The molecule has 0 radical (unpaired) electrons. The molecule has 1 aliphatic heterocycles. The summed E-state index contributed by atoms with van der Waals surface area (Å²) in [6, 6.07) is 7.55. The molecule has 2 heterocycles. The molecule has 1 aliphatic rings. The fraction of sp³-hybridized carbons (Fsp3) is 0.333. The third-order valence-corrected chi connectivity index (χ3v) is 3.38. The Kier molecular flexibility index (Phi) is 3.77. The van der Waals surface area contributed by atoms with Gasteiger partial charge in [0, 0.05) is 25.4 Å². The van der Waals surface area contributed by atoms with Crippen molar-refractivity contribution < 1.29 is 14.3 Å². The first-order chi connectivity index (χ1) is 10.2. The zero-order chi connectivity index (χ0) is 14.7. The van der Waals surface area contributed by atoms with Crippen molar-refractivity contribution >= 4 is 5.91 Å². The first-order valence-corrected chi connectivity index (χ1v) is 6.87. The molecular formula is C15H17N3O3. The lowest BCUT2D eigenvalue weighted by Gasteiger charge is -2.12. The van der Waals surface area contributed by atoms with Gasteiger partial charge in [-0.05, 0) is 30.7 Å². The Morgan fingerprint density at radius 1 is 1.43 bits per heavy atom. The normalized spacial score (nSPS) is 14.0. The summed E-state index contributed by atoms with van der Waals surface area (Å²) in [7, 11) is 0. The molecule has 1 unspecified atom stereocenters. The predicted octanol–water partition coefficient (Wildman–Crippen LogP) is 1.88. The Balaban J connectivity index is 1.52. The average Bonchev–Trinajstić information content (AvgIpc) is 3.15. The molecule has 21 heavy (non-hydrogen) atoms. The molecule has 0 bridgehead atoms. The van der Waals surface area contributed by atoms with Crippen LogP contribution in [0.5, 0.6) is 11.5 Å². The van der Waals surface area contributed by atoms with Gasteiger partial charge in [0.25, 0.3) is 0 Å². The van der Waals surface area contributed by atoms with E-state index in [9.17, 15) is 4.79 Å². The van der Waals surface area contributed by atoms with Gasteiger partial charge in [-0.2, -0.15) is 5.10 Å². The fourth-order valence-electron chi connectivity index (χ4n) is 2.23. The highest BCUT2D eigenvalue weighted by molar-refractivity contribution is 5.76. The Morgan fingerprint density at radius 3 is 3.10 bits per heavy atom. The number of carbonyl (C=O) groups is 1. The third kappa shape index (κ3) is 3.16. The predicted molar refractivity (Wildman–Crippen MR) is 76.0 cm³/mol. The Morgan fingerprint density at radius 2 is 2.29 bits per heavy atom. The van der Waals surface area contributed by atoms with Gasteiger partial charge >= 0.3 is 0 Å². The number of rotatable bonds is 5. The maximum atomic E-state index is 11.9. The molecule has 1 amide bonds. The van der Waals surface area contributed by atoms with Crippen LogP contribution in [0.4, 0.5) is 0 Å². The largest absolute Gasteiger partial charge is 0.454 e. The number of amides is 1. The van der Waals surface area contributed by atoms with Crippen molar-refractivity contribution in [2.45, 2.75) is 25.9 Å². The van der Waals surface area contributed by atoms with Crippen LogP contribution in [0.25, 0.3) is 0 Å². The van der Waals surface area contributed by atoms with E-state index in [-0.39, 0.29) is 18.7 Å². The summed E-state index contributed by atoms with van der Waals surface area (Å²) in [6.45, 7) is 2.70. The van der Waals surface area contributed by atoms with E-state index >= 15 is 0 Å². The quantitative estimate of drug-likeness (QED) is 0.912. The van der Waals surface area contributed by atoms with Crippen LogP contribution >= 0.6 is 0 Å². The number of nitrogens with zero attached hydrogens (tertiary/aromatic N) is 2. The van der Waals surface area contributed by atoms with Crippen molar-refractivity contribution in [1.29, 1.82) is 0 Å². The summed E-state index contributed by atoms with van der Waals surface area (Å²) in [4.78, 5) is 11.9. The van der Waals surface area contributed by atoms with Gasteiger partial charge in [0.15, 0.2) is 11.5 Å². The van der Waals surface area contributed by atoms with Crippen molar-refractivity contribution in [2.75, 3.05) is 6.79 Å². The van der Waals surface area contributed by atoms with Gasteiger partial charge in [-0.1, -0.05) is 6.07 Å². The van der Waals surface area contributed by atoms with Crippen LogP contribution in [0, 0.1) is 0 Å². The van der Waals surface area contributed by atoms with Crippen molar-refractivity contribution in [2.24, 2.45) is 0 Å². The molecule has 1 aromatic heterocycles. The van der Waals surface area contributed by atoms with E-state index in [1.54, 1.807) is 10.9 Å². The van der Waals surface area contributed by atoms with Crippen LogP contribution in [0.3, 0.4) is 0 Å². The molecule has 0 saturated carbocycles. The summed E-state index contributed by atoms with van der Waals surface area (Å²) in [5.74, 6) is 1.47. The van der Waals surface area contributed by atoms with Crippen LogP contribution in [0.1, 0.15) is 24.9 Å². The van der Waals surface area contributed by atoms with Gasteiger partial charge in [-0.3, -0.25) is 9.48 Å². The number of aromatic nitrogens is 2. The van der Waals surface area contributed by atoms with Gasteiger partial charge in [-0.25, -0.2) is 0 Å². The van der Waals surface area contributed by atoms with E-state index in [1.807, 2.05) is 37.4 Å². The molecule has 6 heteroatoms. The van der Waals surface area contributed by atoms with Gasteiger partial charge in [0.2, 0.25) is 12.7 Å². The SMILES string of the molecule is CC(CC(=O)NCc1ccc2c(c1)OCO2)n1cccn1. The summed E-state index contributed by atoms with van der Waals surface area (Å²) in [6.07, 6.45) is 3.96. The summed E-state index contributed by atoms with van der Waals surface area (Å²) in [5.41, 5.74) is 0.986. The highest BCUT2D eigenvalue weighted by atomic mass is 16.7. The van der Waals surface area contributed by atoms with Crippen LogP contribution in [0.2, 0.25) is 0 Å². The Bertz CT molecular complexity index is 625. The van der Waals surface area contributed by atoms with Crippen molar-refractivity contribution in [3.8, 4) is 11.5 Å². The minimum Gasteiger partial charge on any atom is -0.454 e. The number of nitrogens with one attached hydrogen (secondary N) is 1. The second-order valence-corrected chi connectivity index (χ2v) is 5.00. The molecule has 0 fully saturated rings. The van der Waals surface area contributed by atoms with E-state index in [1.165, 1.54) is 0 Å². The summed E-state index contributed by atoms with van der Waals surface area (Å²) >= 11 is 0. The molecule has 1 N–H and O–H groups in total. The fourth-order valence-corrected chi connectivity index (χ4v) is 2.23. The Labute approximate surface area is 122 Å². The molecular weight excluding hydrogens is 270 g/mol. The topological polar surface area (TPSA) is 65.4 Å². The standard InChI is InChI=1S/C15H17N3O3/c1-11(18-6-2-5-17-18)7-15(19)16-9-12-3-4-13-14(8-12)21-10-20-13/h2-6,8,11H,7,9-10H2,1H3,(H,16,19). The van der Waals surface area contributed by atoms with Crippen LogP contribution < -0.4 is 14.8 Å². The summed E-state index contributed by atoms with van der Waals surface area (Å²) in [5, 5.41) is 7.04. The molecule has 6 nitrogen and oxygen atoms in total. The molecule has 1 aromatic carbocycles. The lowest BCUT2D eigenvalue weighted by molar-refractivity contribution is -0.122. The van der Waals surface area contributed by atoms with Crippen LogP contribution in [-0.4, -0.2) is 22.5 Å². The van der Waals surface area contributed by atoms with Gasteiger partial charge in [0.1, 0.15) is 0 Å². The zero-order valence-electron chi connectivity index (χ0n) is 11.8. The van der Waals surface area contributed by atoms with E-state index in [0.29, 0.717) is 13.0 Å². The molecule has 0 spiro atoms. The first-order valence-electron chi connectivity index (χ1n) is 6.87. The van der Waals surface area contributed by atoms with Crippen molar-refractivity contribution in [3.05, 3.63) is 42.2 Å². The number of ether oxygens (including phenoxy) is 2. The first kappa shape index (κ1) is 13.5. The minimum atomic E-state index is -0.00401. The average molecular weight is 287 g/mol. The molecule has 0 aliphatic carbocycles. The highest BCUT2D eigenvalue weighted by Gasteiger charge is 2.14. The maximum Gasteiger partial charge on any atom is 0.231 e. The maximum absolute atomic E-state index is 11.9. The van der Waals surface area contributed by atoms with Gasteiger partial charge in [-0.15, -0.1) is 0 Å². The second kappa shape index (κ2) is 5.87. The summed E-state index contributed by atoms with van der Waals surface area (Å²) < 4.78 is 12.3. The van der Waals surface area contributed by atoms with E-state index in [4.69, 9.17) is 9.47 Å². The number of fused-ring (bicyclic) bond motifs is 1. The van der Waals surface area contributed by atoms with Crippen molar-refractivity contribution in [1.82, 2.24) is 15.1 Å². The third-order valence-electron chi connectivity index (χ3n) is 3.38. The molecule has 2 aromatic rings. The second-order valence-electron chi connectivity index (χ2n) is 5.00. The minimum absolute atomic E-state index is 0.00401. The van der Waals surface area contributed by atoms with E-state index in [2.05, 4.69) is 10.4 Å². The van der Waals surface area contributed by atoms with Crippen molar-refractivity contribution in [3.63, 3.8) is 0 Å². The number of carbonyl (C=O) groups excluding carboxylic acids is 1. The molecule has 3 rings (SSSR count). The van der Waals surface area contributed by atoms with Crippen LogP contribution in [-0.2, 0) is 11.3 Å². The van der Waals surface area contributed by atoms with Gasteiger partial charge in [0.05, 0.1) is 6.04 Å². The smallest absolute Gasteiger partial charge is 0.231 e. The molecule has 0 saturated heterocycles. The Hall–Kier alpha value is -2.50. The highest BCUT2D eigenvalue weighted by Crippen LogP contribution is 2.32. The lowest BCUT2D eigenvalue weighted by atomic mass is 10.2. The number of hydrogen-bond acceptors (Lipinski definition) is 4. The zero-order valence-corrected chi connectivity index (χ0v) is 11.8. The lowest BCUT2D eigenvalue weighted by Crippen LogP contribution is -2.25. The van der Waals surface area contributed by atoms with Gasteiger partial charge < -0.3 is 14.8 Å². The molecule has 1 atom stereocenters. The van der Waals surface area contributed by atoms with Crippen LogP contribution in [0.15, 0.2) is 36.7 Å². The van der Waals surface area contributed by atoms with E-state index < -0.39 is 0 Å². The molecule has 110 valence electrons. The number of benzene rings is 1. The van der Waals surface area contributed by atoms with E-state index in [0.717, 1.165) is 17.1 Å². The monoisotopic (exact) mass is 287 g/mol.